The summed E-state index contributed by atoms with van der Waals surface area (Å²) in [4.78, 5) is 50.4. The van der Waals surface area contributed by atoms with Gasteiger partial charge in [-0.25, -0.2) is 4.98 Å². The lowest BCUT2D eigenvalue weighted by molar-refractivity contribution is -0.138. The van der Waals surface area contributed by atoms with Gasteiger partial charge in [-0.3, -0.25) is 14.4 Å². The number of hydrogen-bond acceptors (Lipinski definition) is 9. The molecular formula is C31H37N7O5. The number of carboxylic acids is 1. The maximum absolute atomic E-state index is 13.2. The lowest BCUT2D eigenvalue weighted by Crippen LogP contribution is -2.55. The van der Waals surface area contributed by atoms with Crippen LogP contribution < -0.4 is 30.9 Å². The second-order valence-electron chi connectivity index (χ2n) is 10.9. The van der Waals surface area contributed by atoms with Gasteiger partial charge in [0.2, 0.25) is 11.9 Å². The Morgan fingerprint density at radius 3 is 2.53 bits per heavy atom. The summed E-state index contributed by atoms with van der Waals surface area (Å²) < 4.78 is 5.59. The highest BCUT2D eigenvalue weighted by Gasteiger charge is 2.41. The van der Waals surface area contributed by atoms with Crippen molar-refractivity contribution in [3.8, 4) is 5.75 Å². The van der Waals surface area contributed by atoms with E-state index >= 15 is 0 Å². The van der Waals surface area contributed by atoms with Crippen molar-refractivity contribution >= 4 is 46.6 Å². The number of fused-ring (bicyclic) bond motifs is 1. The number of nitrogens with zero attached hydrogens (tertiary/aromatic N) is 4. The van der Waals surface area contributed by atoms with Crippen molar-refractivity contribution in [2.75, 3.05) is 34.6 Å². The molecule has 0 bridgehead atoms. The van der Waals surface area contributed by atoms with Crippen molar-refractivity contribution in [3.05, 3.63) is 59.8 Å². The highest BCUT2D eigenvalue weighted by molar-refractivity contribution is 6.05. The molecule has 1 aliphatic carbocycles. The first-order chi connectivity index (χ1) is 20.7. The van der Waals surface area contributed by atoms with Crippen LogP contribution in [0.2, 0.25) is 0 Å². The maximum Gasteiger partial charge on any atom is 0.320 e. The van der Waals surface area contributed by atoms with Crippen molar-refractivity contribution in [1.29, 1.82) is 0 Å². The lowest BCUT2D eigenvalue weighted by Gasteiger charge is -2.43. The van der Waals surface area contributed by atoms with Crippen molar-refractivity contribution in [1.82, 2.24) is 9.97 Å². The average molecular weight is 588 g/mol. The molecule has 12 nitrogen and oxygen atoms in total. The minimum absolute atomic E-state index is 0.0556. The normalized spacial score (nSPS) is 17.4. The number of methoxy groups -OCH3 is 1. The van der Waals surface area contributed by atoms with Crippen LogP contribution in [-0.4, -0.2) is 65.1 Å². The van der Waals surface area contributed by atoms with Crippen LogP contribution in [0.1, 0.15) is 54.9 Å². The van der Waals surface area contributed by atoms with Crippen LogP contribution in [0.3, 0.4) is 0 Å². The zero-order valence-corrected chi connectivity index (χ0v) is 24.5. The second kappa shape index (κ2) is 12.7. The number of amides is 2. The zero-order chi connectivity index (χ0) is 30.7. The summed E-state index contributed by atoms with van der Waals surface area (Å²) in [5.74, 6) is 0.179. The maximum atomic E-state index is 13.2. The fourth-order valence-corrected chi connectivity index (χ4v) is 5.77. The van der Waals surface area contributed by atoms with Crippen molar-refractivity contribution in [3.63, 3.8) is 0 Å². The number of aliphatic carboxylic acids is 1. The van der Waals surface area contributed by atoms with E-state index in [-0.39, 0.29) is 30.3 Å². The van der Waals surface area contributed by atoms with Crippen LogP contribution in [0.15, 0.2) is 48.7 Å². The predicted molar refractivity (Wildman–Crippen MR) is 164 cm³/mol. The summed E-state index contributed by atoms with van der Waals surface area (Å²) >= 11 is 0. The lowest BCUT2D eigenvalue weighted by atomic mass is 10.0. The van der Waals surface area contributed by atoms with Crippen molar-refractivity contribution in [2.24, 2.45) is 5.73 Å². The number of nitrogens with one attached hydrogen (secondary N) is 2. The molecule has 2 aliphatic rings. The smallest absolute Gasteiger partial charge is 0.320 e. The van der Waals surface area contributed by atoms with Gasteiger partial charge in [0.1, 0.15) is 23.5 Å². The van der Waals surface area contributed by atoms with Gasteiger partial charge in [-0.2, -0.15) is 4.98 Å². The average Bonchev–Trinajstić information content (AvgIpc) is 3.54. The molecule has 12 heteroatoms. The monoisotopic (exact) mass is 587 g/mol. The fourth-order valence-electron chi connectivity index (χ4n) is 5.77. The molecule has 3 aromatic rings. The summed E-state index contributed by atoms with van der Waals surface area (Å²) in [6.45, 7) is 2.03. The van der Waals surface area contributed by atoms with E-state index in [0.29, 0.717) is 40.7 Å². The molecule has 0 radical (unpaired) electrons. The first-order valence-electron chi connectivity index (χ1n) is 14.5. The Labute approximate surface area is 250 Å². The van der Waals surface area contributed by atoms with Crippen LogP contribution in [0, 0.1) is 0 Å². The number of carboxylic acid groups (broad SMARTS) is 1. The van der Waals surface area contributed by atoms with Crippen LogP contribution in [0.25, 0.3) is 0 Å². The molecule has 0 spiro atoms. The van der Waals surface area contributed by atoms with Gasteiger partial charge in [-0.1, -0.05) is 31.9 Å². The van der Waals surface area contributed by atoms with Crippen LogP contribution in [-0.2, 0) is 16.0 Å². The number of carbonyl (C=O) groups excluding carboxylic acids is 2. The SMILES string of the molecule is CC[C@@H]1C(=O)N(C)c2cnc(Nc3ccc(C(=O)Nc4ccc(C[C@H](N)C(=O)O)cc4)cc3OC)nc2N1C1CCCC1. The molecule has 226 valence electrons. The molecule has 2 amide bonds. The van der Waals surface area contributed by atoms with Crippen molar-refractivity contribution < 1.29 is 24.2 Å². The zero-order valence-electron chi connectivity index (χ0n) is 24.5. The summed E-state index contributed by atoms with van der Waals surface area (Å²) in [6.07, 6.45) is 6.88. The number of ether oxygens (including phenoxy) is 1. The molecule has 1 aromatic heterocycles. The molecule has 2 heterocycles. The van der Waals surface area contributed by atoms with E-state index in [9.17, 15) is 14.4 Å². The molecular weight excluding hydrogens is 550 g/mol. The van der Waals surface area contributed by atoms with Gasteiger partial charge in [-0.05, 0) is 61.6 Å². The summed E-state index contributed by atoms with van der Waals surface area (Å²) in [6, 6.07) is 10.9. The molecule has 2 aromatic carbocycles. The molecule has 5 rings (SSSR count). The fraction of sp³-hybridized carbons (Fsp3) is 0.387. The number of hydrogen-bond donors (Lipinski definition) is 4. The number of anilines is 5. The Bertz CT molecular complexity index is 1510. The van der Waals surface area contributed by atoms with E-state index in [1.807, 2.05) is 6.92 Å². The number of rotatable bonds is 10. The Kier molecular flexibility index (Phi) is 8.76. The molecule has 1 fully saturated rings. The van der Waals surface area contributed by atoms with Crippen LogP contribution in [0.4, 0.5) is 28.8 Å². The number of nitrogens with two attached hydrogens (primary N) is 1. The highest BCUT2D eigenvalue weighted by Crippen LogP contribution is 2.40. The van der Waals surface area contributed by atoms with Crippen LogP contribution >= 0.6 is 0 Å². The number of likely N-dealkylation sites (N-methyl/N-ethyl adjacent to an activating group) is 1. The van der Waals surface area contributed by atoms with E-state index in [2.05, 4.69) is 20.5 Å². The Balaban J connectivity index is 1.33. The van der Waals surface area contributed by atoms with E-state index in [0.717, 1.165) is 37.1 Å². The minimum Gasteiger partial charge on any atom is -0.495 e. The third kappa shape index (κ3) is 6.24. The molecule has 5 N–H and O–H groups in total. The first-order valence-corrected chi connectivity index (χ1v) is 14.5. The quantitative estimate of drug-likeness (QED) is 0.273. The molecule has 43 heavy (non-hydrogen) atoms. The van der Waals surface area contributed by atoms with Gasteiger partial charge in [-0.15, -0.1) is 0 Å². The summed E-state index contributed by atoms with van der Waals surface area (Å²) in [7, 11) is 3.28. The number of carbonyl (C=O) groups is 3. The first kappa shape index (κ1) is 29.8. The minimum atomic E-state index is -1.07. The third-order valence-corrected chi connectivity index (χ3v) is 8.11. The number of benzene rings is 2. The molecule has 1 saturated carbocycles. The summed E-state index contributed by atoms with van der Waals surface area (Å²) in [5, 5.41) is 15.1. The molecule has 0 saturated heterocycles. The third-order valence-electron chi connectivity index (χ3n) is 8.11. The Morgan fingerprint density at radius 1 is 1.16 bits per heavy atom. The Hall–Kier alpha value is -4.71. The predicted octanol–water partition coefficient (Wildman–Crippen LogP) is 3.94. The van der Waals surface area contributed by atoms with Gasteiger partial charge in [0, 0.05) is 24.3 Å². The largest absolute Gasteiger partial charge is 0.495 e. The van der Waals surface area contributed by atoms with Gasteiger partial charge < -0.3 is 36.0 Å². The van der Waals surface area contributed by atoms with E-state index in [4.69, 9.17) is 20.6 Å². The standard InChI is InChI=1S/C31H37N7O5/c1-4-24-29(40)37(2)25-17-33-31(36-27(25)38(24)21-7-5-6-8-21)35-23-14-11-19(16-26(23)43-3)28(39)34-20-12-9-18(10-13-20)15-22(32)30(41)42/h9-14,16-17,21-22,24H,4-8,15,32H2,1-3H3,(H,34,39)(H,41,42)(H,33,35,36)/t22-,24+/m0/s1. The highest BCUT2D eigenvalue weighted by atomic mass is 16.5. The molecule has 1 aliphatic heterocycles. The second-order valence-corrected chi connectivity index (χ2v) is 10.9. The van der Waals surface area contributed by atoms with Crippen molar-refractivity contribution in [2.45, 2.75) is 63.6 Å². The summed E-state index contributed by atoms with van der Waals surface area (Å²) in [5.41, 5.74) is 8.56. The topological polar surface area (TPSA) is 163 Å². The number of aromatic nitrogens is 2. The van der Waals surface area contributed by atoms with Gasteiger partial charge in [0.15, 0.2) is 5.82 Å². The van der Waals surface area contributed by atoms with E-state index < -0.39 is 12.0 Å². The molecule has 0 unspecified atom stereocenters. The van der Waals surface area contributed by atoms with Gasteiger partial charge in [0.25, 0.3) is 5.91 Å². The van der Waals surface area contributed by atoms with Crippen LogP contribution in [0.5, 0.6) is 5.75 Å². The van der Waals surface area contributed by atoms with Gasteiger partial charge in [0.05, 0.1) is 19.0 Å². The van der Waals surface area contributed by atoms with E-state index in [1.54, 1.807) is 60.6 Å². The van der Waals surface area contributed by atoms with E-state index in [1.165, 1.54) is 7.11 Å². The van der Waals surface area contributed by atoms with Gasteiger partial charge >= 0.3 is 5.97 Å². The Morgan fingerprint density at radius 2 is 1.88 bits per heavy atom. The molecule has 2 atom stereocenters.